The van der Waals surface area contributed by atoms with Gasteiger partial charge in [0.15, 0.2) is 0 Å². The summed E-state index contributed by atoms with van der Waals surface area (Å²) in [6, 6.07) is 0. The summed E-state index contributed by atoms with van der Waals surface area (Å²) in [5.74, 6) is 0.554. The van der Waals surface area contributed by atoms with Crippen LogP contribution in [0.3, 0.4) is 0 Å². The number of hydrogen-bond acceptors (Lipinski definition) is 2. The Kier molecular flexibility index (Phi) is 2.21. The Bertz CT molecular complexity index is 157. The van der Waals surface area contributed by atoms with E-state index >= 15 is 0 Å². The molecule has 0 aromatic carbocycles. The van der Waals surface area contributed by atoms with Gasteiger partial charge in [-0.25, -0.2) is 0 Å². The molecule has 1 saturated carbocycles. The number of rotatable bonds is 3. The van der Waals surface area contributed by atoms with E-state index in [2.05, 4.69) is 18.6 Å². The summed E-state index contributed by atoms with van der Waals surface area (Å²) < 4.78 is 4.64. The van der Waals surface area contributed by atoms with Gasteiger partial charge in [-0.3, -0.25) is 4.79 Å². The van der Waals surface area contributed by atoms with Gasteiger partial charge in [0, 0.05) is 0 Å². The molecule has 0 bridgehead atoms. The van der Waals surface area contributed by atoms with Crippen LogP contribution in [0.1, 0.15) is 33.1 Å². The number of methoxy groups -OCH3 is 1. The molecular weight excluding hydrogens is 140 g/mol. The van der Waals surface area contributed by atoms with Gasteiger partial charge in [0.05, 0.1) is 13.5 Å². The SMILES string of the molecule is COC(=O)CC1(C(C)C)CC1. The Morgan fingerprint density at radius 1 is 1.55 bits per heavy atom. The van der Waals surface area contributed by atoms with Crippen LogP contribution in [0.2, 0.25) is 0 Å². The molecule has 0 aromatic heterocycles. The van der Waals surface area contributed by atoms with Crippen LogP contribution in [0.25, 0.3) is 0 Å². The fourth-order valence-electron chi connectivity index (χ4n) is 1.48. The van der Waals surface area contributed by atoms with Crippen LogP contribution in [0.15, 0.2) is 0 Å². The van der Waals surface area contributed by atoms with Crippen LogP contribution in [0, 0.1) is 11.3 Å². The van der Waals surface area contributed by atoms with Gasteiger partial charge in [0.25, 0.3) is 0 Å². The maximum absolute atomic E-state index is 10.9. The summed E-state index contributed by atoms with van der Waals surface area (Å²) in [5, 5.41) is 0. The zero-order chi connectivity index (χ0) is 8.48. The smallest absolute Gasteiger partial charge is 0.306 e. The fourth-order valence-corrected chi connectivity index (χ4v) is 1.48. The Hall–Kier alpha value is -0.530. The summed E-state index contributed by atoms with van der Waals surface area (Å²) in [7, 11) is 1.46. The predicted molar refractivity (Wildman–Crippen MR) is 43.1 cm³/mol. The molecule has 1 aliphatic rings. The van der Waals surface area contributed by atoms with Gasteiger partial charge >= 0.3 is 5.97 Å². The Labute approximate surface area is 67.9 Å². The number of esters is 1. The van der Waals surface area contributed by atoms with E-state index in [1.54, 1.807) is 0 Å². The zero-order valence-electron chi connectivity index (χ0n) is 7.52. The molecule has 0 N–H and O–H groups in total. The van der Waals surface area contributed by atoms with Gasteiger partial charge < -0.3 is 4.74 Å². The highest BCUT2D eigenvalue weighted by atomic mass is 16.5. The fraction of sp³-hybridized carbons (Fsp3) is 0.889. The van der Waals surface area contributed by atoms with Crippen molar-refractivity contribution in [2.45, 2.75) is 33.1 Å². The molecule has 0 heterocycles. The third-order valence-electron chi connectivity index (χ3n) is 2.84. The van der Waals surface area contributed by atoms with Crippen LogP contribution in [-0.2, 0) is 9.53 Å². The Balaban J connectivity index is 2.41. The summed E-state index contributed by atoms with van der Waals surface area (Å²) >= 11 is 0. The molecule has 0 spiro atoms. The number of carbonyl (C=O) groups excluding carboxylic acids is 1. The molecule has 0 amide bonds. The maximum atomic E-state index is 10.9. The van der Waals surface area contributed by atoms with Gasteiger partial charge in [-0.1, -0.05) is 13.8 Å². The van der Waals surface area contributed by atoms with Crippen LogP contribution >= 0.6 is 0 Å². The molecule has 1 aliphatic carbocycles. The quantitative estimate of drug-likeness (QED) is 0.584. The molecule has 0 unspecified atom stereocenters. The topological polar surface area (TPSA) is 26.3 Å². The van der Waals surface area contributed by atoms with E-state index < -0.39 is 0 Å². The molecule has 1 rings (SSSR count). The minimum absolute atomic E-state index is 0.0591. The lowest BCUT2D eigenvalue weighted by atomic mass is 9.89. The molecule has 2 heteroatoms. The van der Waals surface area contributed by atoms with E-state index in [4.69, 9.17) is 0 Å². The van der Waals surface area contributed by atoms with Crippen LogP contribution in [0.5, 0.6) is 0 Å². The van der Waals surface area contributed by atoms with Crippen molar-refractivity contribution >= 4 is 5.97 Å². The van der Waals surface area contributed by atoms with E-state index in [0.717, 1.165) is 0 Å². The van der Waals surface area contributed by atoms with Crippen molar-refractivity contribution in [2.75, 3.05) is 7.11 Å². The summed E-state index contributed by atoms with van der Waals surface area (Å²) in [4.78, 5) is 10.9. The van der Waals surface area contributed by atoms with Crippen LogP contribution in [-0.4, -0.2) is 13.1 Å². The molecule has 11 heavy (non-hydrogen) atoms. The summed E-state index contributed by atoms with van der Waals surface area (Å²) in [5.41, 5.74) is 0.299. The maximum Gasteiger partial charge on any atom is 0.306 e. The van der Waals surface area contributed by atoms with Crippen molar-refractivity contribution in [2.24, 2.45) is 11.3 Å². The first-order valence-corrected chi connectivity index (χ1v) is 4.17. The monoisotopic (exact) mass is 156 g/mol. The number of ether oxygens (including phenoxy) is 1. The lowest BCUT2D eigenvalue weighted by Gasteiger charge is -2.17. The first kappa shape index (κ1) is 8.57. The second-order valence-electron chi connectivity index (χ2n) is 3.77. The first-order chi connectivity index (χ1) is 5.10. The van der Waals surface area contributed by atoms with E-state index in [1.807, 2.05) is 0 Å². The molecule has 0 atom stereocenters. The van der Waals surface area contributed by atoms with Crippen molar-refractivity contribution in [3.05, 3.63) is 0 Å². The molecule has 0 aliphatic heterocycles. The molecule has 0 aromatic rings. The van der Waals surface area contributed by atoms with Crippen molar-refractivity contribution < 1.29 is 9.53 Å². The van der Waals surface area contributed by atoms with E-state index in [9.17, 15) is 4.79 Å². The van der Waals surface area contributed by atoms with Crippen molar-refractivity contribution in [1.29, 1.82) is 0 Å². The highest BCUT2D eigenvalue weighted by Gasteiger charge is 2.46. The lowest BCUT2D eigenvalue weighted by Crippen LogP contribution is -2.15. The van der Waals surface area contributed by atoms with Crippen molar-refractivity contribution in [3.8, 4) is 0 Å². The minimum atomic E-state index is -0.0591. The van der Waals surface area contributed by atoms with Gasteiger partial charge in [-0.15, -0.1) is 0 Å². The van der Waals surface area contributed by atoms with Crippen molar-refractivity contribution in [3.63, 3.8) is 0 Å². The van der Waals surface area contributed by atoms with Crippen LogP contribution in [0.4, 0.5) is 0 Å². The molecule has 2 nitrogen and oxygen atoms in total. The normalized spacial score (nSPS) is 20.0. The van der Waals surface area contributed by atoms with E-state index in [1.165, 1.54) is 20.0 Å². The third-order valence-corrected chi connectivity index (χ3v) is 2.84. The van der Waals surface area contributed by atoms with E-state index in [0.29, 0.717) is 17.8 Å². The standard InChI is InChI=1S/C9H16O2/c1-7(2)9(4-5-9)6-8(10)11-3/h7H,4-6H2,1-3H3. The molecule has 0 saturated heterocycles. The number of carbonyl (C=O) groups is 1. The lowest BCUT2D eigenvalue weighted by molar-refractivity contribution is -0.142. The predicted octanol–water partition coefficient (Wildman–Crippen LogP) is 1.99. The molecule has 1 fully saturated rings. The van der Waals surface area contributed by atoms with Gasteiger partial charge in [-0.2, -0.15) is 0 Å². The molecule has 64 valence electrons. The second kappa shape index (κ2) is 2.84. The van der Waals surface area contributed by atoms with Gasteiger partial charge in [-0.05, 0) is 24.2 Å². The minimum Gasteiger partial charge on any atom is -0.469 e. The van der Waals surface area contributed by atoms with Crippen LogP contribution < -0.4 is 0 Å². The summed E-state index contributed by atoms with van der Waals surface area (Å²) in [6.07, 6.45) is 3.00. The van der Waals surface area contributed by atoms with Crippen molar-refractivity contribution in [1.82, 2.24) is 0 Å². The molecule has 0 radical (unpaired) electrons. The largest absolute Gasteiger partial charge is 0.469 e. The third kappa shape index (κ3) is 1.73. The Morgan fingerprint density at radius 2 is 2.09 bits per heavy atom. The zero-order valence-corrected chi connectivity index (χ0v) is 7.52. The summed E-state index contributed by atoms with van der Waals surface area (Å²) in [6.45, 7) is 4.35. The molecular formula is C9H16O2. The average molecular weight is 156 g/mol. The van der Waals surface area contributed by atoms with Gasteiger partial charge in [0.2, 0.25) is 0 Å². The second-order valence-corrected chi connectivity index (χ2v) is 3.77. The highest BCUT2D eigenvalue weighted by Crippen LogP contribution is 2.54. The van der Waals surface area contributed by atoms with E-state index in [-0.39, 0.29) is 5.97 Å². The average Bonchev–Trinajstić information content (AvgIpc) is 2.69. The van der Waals surface area contributed by atoms with Gasteiger partial charge in [0.1, 0.15) is 0 Å². The first-order valence-electron chi connectivity index (χ1n) is 4.17. The number of hydrogen-bond donors (Lipinski definition) is 0. The highest BCUT2D eigenvalue weighted by molar-refractivity contribution is 5.70. The Morgan fingerprint density at radius 3 is 2.36 bits per heavy atom.